The van der Waals surface area contributed by atoms with Crippen LogP contribution >= 0.6 is 0 Å². The van der Waals surface area contributed by atoms with Gasteiger partial charge in [0.15, 0.2) is 0 Å². The molecule has 134 valence electrons. The number of nitrogens with one attached hydrogen (secondary N) is 1. The lowest BCUT2D eigenvalue weighted by Gasteiger charge is -2.12. The molecule has 0 saturated carbocycles. The van der Waals surface area contributed by atoms with E-state index in [2.05, 4.69) is 15.2 Å². The van der Waals surface area contributed by atoms with Crippen LogP contribution in [0.4, 0.5) is 13.2 Å². The molecule has 1 aromatic heterocycles. The average molecular weight is 361 g/mol. The standard InChI is InChI=1S/C18H14F3N3O2/c19-15-7-6-13(26-18(20)21)10-14(15)17(25)22-11-12-4-1-2-5-16(12)24-9-3-8-23-24/h1-10,18H,11H2,(H,22,25). The van der Waals surface area contributed by atoms with Gasteiger partial charge >= 0.3 is 6.61 Å². The van der Waals surface area contributed by atoms with Crippen LogP contribution in [-0.4, -0.2) is 22.3 Å². The largest absolute Gasteiger partial charge is 0.435 e. The van der Waals surface area contributed by atoms with Gasteiger partial charge in [-0.2, -0.15) is 13.9 Å². The van der Waals surface area contributed by atoms with Gasteiger partial charge in [0.25, 0.3) is 5.91 Å². The third kappa shape index (κ3) is 4.02. The molecule has 8 heteroatoms. The van der Waals surface area contributed by atoms with Crippen LogP contribution in [0.3, 0.4) is 0 Å². The molecule has 0 aliphatic carbocycles. The van der Waals surface area contributed by atoms with Gasteiger partial charge in [-0.3, -0.25) is 4.79 Å². The highest BCUT2D eigenvalue weighted by atomic mass is 19.3. The quantitative estimate of drug-likeness (QED) is 0.731. The van der Waals surface area contributed by atoms with Gasteiger partial charge in [-0.15, -0.1) is 0 Å². The fourth-order valence-corrected chi connectivity index (χ4v) is 2.42. The molecule has 5 nitrogen and oxygen atoms in total. The highest BCUT2D eigenvalue weighted by Crippen LogP contribution is 2.19. The molecule has 3 rings (SSSR count). The van der Waals surface area contributed by atoms with E-state index in [9.17, 15) is 18.0 Å². The number of amides is 1. The predicted molar refractivity (Wildman–Crippen MR) is 87.8 cm³/mol. The summed E-state index contributed by atoms with van der Waals surface area (Å²) in [5.41, 5.74) is 1.14. The Morgan fingerprint density at radius 3 is 2.73 bits per heavy atom. The number of carbonyl (C=O) groups excluding carboxylic acids is 1. The number of para-hydroxylation sites is 1. The summed E-state index contributed by atoms with van der Waals surface area (Å²) < 4.78 is 44.3. The number of nitrogens with zero attached hydrogens (tertiary/aromatic N) is 2. The summed E-state index contributed by atoms with van der Waals surface area (Å²) in [5, 5.41) is 6.72. The van der Waals surface area contributed by atoms with E-state index in [1.807, 2.05) is 12.1 Å². The van der Waals surface area contributed by atoms with E-state index in [1.165, 1.54) is 0 Å². The number of ether oxygens (including phenoxy) is 1. The van der Waals surface area contributed by atoms with Crippen molar-refractivity contribution < 1.29 is 22.7 Å². The van der Waals surface area contributed by atoms with E-state index in [-0.39, 0.29) is 17.9 Å². The lowest BCUT2D eigenvalue weighted by atomic mass is 10.1. The van der Waals surface area contributed by atoms with Crippen molar-refractivity contribution in [2.45, 2.75) is 13.2 Å². The normalized spacial score (nSPS) is 10.8. The van der Waals surface area contributed by atoms with Crippen LogP contribution in [0.15, 0.2) is 60.9 Å². The summed E-state index contributed by atoms with van der Waals surface area (Å²) in [6.45, 7) is -2.95. The zero-order valence-corrected chi connectivity index (χ0v) is 13.4. The second kappa shape index (κ2) is 7.73. The van der Waals surface area contributed by atoms with Crippen molar-refractivity contribution in [2.24, 2.45) is 0 Å². The summed E-state index contributed by atoms with van der Waals surface area (Å²) in [5.74, 6) is -1.86. The maximum absolute atomic E-state index is 13.9. The highest BCUT2D eigenvalue weighted by molar-refractivity contribution is 5.94. The Hall–Kier alpha value is -3.29. The number of rotatable bonds is 6. The number of carbonyl (C=O) groups is 1. The van der Waals surface area contributed by atoms with Crippen LogP contribution in [0.2, 0.25) is 0 Å². The summed E-state index contributed by atoms with van der Waals surface area (Å²) in [6.07, 6.45) is 3.38. The number of hydrogen-bond acceptors (Lipinski definition) is 3. The Morgan fingerprint density at radius 2 is 2.00 bits per heavy atom. The van der Waals surface area contributed by atoms with Crippen molar-refractivity contribution in [3.8, 4) is 11.4 Å². The van der Waals surface area contributed by atoms with Gasteiger partial charge < -0.3 is 10.1 Å². The van der Waals surface area contributed by atoms with E-state index >= 15 is 0 Å². The maximum atomic E-state index is 13.9. The molecular weight excluding hydrogens is 347 g/mol. The van der Waals surface area contributed by atoms with Crippen LogP contribution < -0.4 is 10.1 Å². The topological polar surface area (TPSA) is 56.2 Å². The molecule has 0 atom stereocenters. The Bertz CT molecular complexity index is 898. The SMILES string of the molecule is O=C(NCc1ccccc1-n1cccn1)c1cc(OC(F)F)ccc1F. The molecular formula is C18H14F3N3O2. The highest BCUT2D eigenvalue weighted by Gasteiger charge is 2.15. The Morgan fingerprint density at radius 1 is 1.19 bits per heavy atom. The lowest BCUT2D eigenvalue weighted by molar-refractivity contribution is -0.0499. The number of halogens is 3. The second-order valence-electron chi connectivity index (χ2n) is 5.28. The molecule has 0 unspecified atom stereocenters. The molecule has 1 amide bonds. The molecule has 0 aliphatic rings. The summed E-state index contributed by atoms with van der Waals surface area (Å²) in [6, 6.07) is 11.9. The zero-order chi connectivity index (χ0) is 18.5. The molecule has 0 fully saturated rings. The minimum Gasteiger partial charge on any atom is -0.435 e. The molecule has 0 spiro atoms. The molecule has 0 saturated heterocycles. The molecule has 0 bridgehead atoms. The van der Waals surface area contributed by atoms with E-state index in [0.29, 0.717) is 0 Å². The number of alkyl halides is 2. The lowest BCUT2D eigenvalue weighted by Crippen LogP contribution is -2.24. The first-order valence-corrected chi connectivity index (χ1v) is 7.65. The Labute approximate surface area is 147 Å². The van der Waals surface area contributed by atoms with Gasteiger partial charge in [0, 0.05) is 18.9 Å². The third-order valence-electron chi connectivity index (χ3n) is 3.59. The van der Waals surface area contributed by atoms with Crippen LogP contribution in [0.25, 0.3) is 5.69 Å². The number of benzene rings is 2. The van der Waals surface area contributed by atoms with Gasteiger partial charge in [-0.25, -0.2) is 9.07 Å². The Kier molecular flexibility index (Phi) is 5.21. The van der Waals surface area contributed by atoms with E-state index in [4.69, 9.17) is 0 Å². The van der Waals surface area contributed by atoms with Crippen molar-refractivity contribution in [2.75, 3.05) is 0 Å². The minimum absolute atomic E-state index is 0.105. The van der Waals surface area contributed by atoms with Gasteiger partial charge in [-0.1, -0.05) is 18.2 Å². The van der Waals surface area contributed by atoms with Crippen molar-refractivity contribution >= 4 is 5.91 Å². The van der Waals surface area contributed by atoms with E-state index in [0.717, 1.165) is 29.4 Å². The smallest absolute Gasteiger partial charge is 0.387 e. The molecule has 1 heterocycles. The van der Waals surface area contributed by atoms with Crippen molar-refractivity contribution in [1.29, 1.82) is 0 Å². The predicted octanol–water partition coefficient (Wildman–Crippen LogP) is 3.54. The second-order valence-corrected chi connectivity index (χ2v) is 5.28. The minimum atomic E-state index is -3.06. The average Bonchev–Trinajstić information content (AvgIpc) is 3.15. The summed E-state index contributed by atoms with van der Waals surface area (Å²) in [7, 11) is 0. The first-order valence-electron chi connectivity index (χ1n) is 7.65. The Balaban J connectivity index is 1.76. The van der Waals surface area contributed by atoms with Crippen molar-refractivity contribution in [3.05, 3.63) is 77.9 Å². The summed E-state index contributed by atoms with van der Waals surface area (Å²) in [4.78, 5) is 12.3. The molecule has 26 heavy (non-hydrogen) atoms. The molecule has 0 radical (unpaired) electrons. The van der Waals surface area contributed by atoms with Gasteiger partial charge in [0.1, 0.15) is 11.6 Å². The van der Waals surface area contributed by atoms with Crippen molar-refractivity contribution in [3.63, 3.8) is 0 Å². The van der Waals surface area contributed by atoms with E-state index in [1.54, 1.807) is 35.3 Å². The molecule has 1 N–H and O–H groups in total. The van der Waals surface area contributed by atoms with Gasteiger partial charge in [-0.05, 0) is 35.9 Å². The molecule has 2 aromatic carbocycles. The van der Waals surface area contributed by atoms with Crippen LogP contribution in [0.1, 0.15) is 15.9 Å². The van der Waals surface area contributed by atoms with Crippen LogP contribution in [0, 0.1) is 5.82 Å². The number of aromatic nitrogens is 2. The first-order chi connectivity index (χ1) is 12.5. The van der Waals surface area contributed by atoms with Crippen LogP contribution in [0.5, 0.6) is 5.75 Å². The third-order valence-corrected chi connectivity index (χ3v) is 3.59. The first kappa shape index (κ1) is 17.5. The zero-order valence-electron chi connectivity index (χ0n) is 13.4. The molecule has 0 aliphatic heterocycles. The maximum Gasteiger partial charge on any atom is 0.387 e. The monoisotopic (exact) mass is 361 g/mol. The molecule has 3 aromatic rings. The van der Waals surface area contributed by atoms with Crippen LogP contribution in [-0.2, 0) is 6.54 Å². The van der Waals surface area contributed by atoms with Gasteiger partial charge in [0.2, 0.25) is 0 Å². The van der Waals surface area contributed by atoms with E-state index < -0.39 is 18.3 Å². The fraction of sp³-hybridized carbons (Fsp3) is 0.111. The fourth-order valence-electron chi connectivity index (χ4n) is 2.42. The van der Waals surface area contributed by atoms with Gasteiger partial charge in [0.05, 0.1) is 11.3 Å². The van der Waals surface area contributed by atoms with Crippen molar-refractivity contribution in [1.82, 2.24) is 15.1 Å². The number of hydrogen-bond donors (Lipinski definition) is 1. The summed E-state index contributed by atoms with van der Waals surface area (Å²) >= 11 is 0.